The molecule has 170 valence electrons. The predicted molar refractivity (Wildman–Crippen MR) is 124 cm³/mol. The normalized spacial score (nSPS) is 11.0. The largest absolute Gasteiger partial charge is 0.332 e. The number of halogens is 1. The first-order chi connectivity index (χ1) is 16.0. The first-order valence-electron chi connectivity index (χ1n) is 11.0. The van der Waals surface area contributed by atoms with Crippen molar-refractivity contribution in [1.29, 1.82) is 0 Å². The first kappa shape index (κ1) is 22.3. The van der Waals surface area contributed by atoms with Crippen LogP contribution in [0.3, 0.4) is 0 Å². The SMILES string of the molecule is CCCn1c(=O)c2[nH]c(-c3cnn(CC#CCc4ccc(F)cc4)c3)nc2n(CCC)c1=O. The van der Waals surface area contributed by atoms with Crippen molar-refractivity contribution in [3.63, 3.8) is 0 Å². The van der Waals surface area contributed by atoms with Crippen molar-refractivity contribution in [3.8, 4) is 23.2 Å². The molecule has 1 aromatic carbocycles. The second-order valence-electron chi connectivity index (χ2n) is 7.76. The smallest absolute Gasteiger partial charge is 0.332 e. The number of aromatic nitrogens is 6. The number of aryl methyl sites for hydroxylation is 1. The van der Waals surface area contributed by atoms with Crippen LogP contribution in [0.15, 0.2) is 46.2 Å². The van der Waals surface area contributed by atoms with Crippen molar-refractivity contribution in [1.82, 2.24) is 28.9 Å². The molecule has 0 amide bonds. The van der Waals surface area contributed by atoms with Crippen LogP contribution < -0.4 is 11.2 Å². The average Bonchev–Trinajstić information content (AvgIpc) is 3.46. The molecule has 4 aromatic rings. The number of rotatable bonds is 7. The number of hydrogen-bond acceptors (Lipinski definition) is 4. The van der Waals surface area contributed by atoms with Crippen LogP contribution in [0.25, 0.3) is 22.6 Å². The molecule has 4 rings (SSSR count). The van der Waals surface area contributed by atoms with Gasteiger partial charge in [-0.3, -0.25) is 18.6 Å². The van der Waals surface area contributed by atoms with E-state index < -0.39 is 0 Å². The summed E-state index contributed by atoms with van der Waals surface area (Å²) in [6.45, 7) is 5.12. The molecule has 0 bridgehead atoms. The van der Waals surface area contributed by atoms with Gasteiger partial charge in [0, 0.05) is 25.7 Å². The lowest BCUT2D eigenvalue weighted by atomic mass is 10.1. The quantitative estimate of drug-likeness (QED) is 0.440. The van der Waals surface area contributed by atoms with Gasteiger partial charge < -0.3 is 4.98 Å². The predicted octanol–water partition coefficient (Wildman–Crippen LogP) is 2.96. The lowest BCUT2D eigenvalue weighted by Gasteiger charge is -2.09. The summed E-state index contributed by atoms with van der Waals surface area (Å²) in [5.74, 6) is 6.31. The first-order valence-corrected chi connectivity index (χ1v) is 11.0. The molecule has 0 aliphatic rings. The molecular formula is C24H25FN6O2. The number of benzene rings is 1. The zero-order valence-corrected chi connectivity index (χ0v) is 18.6. The lowest BCUT2D eigenvalue weighted by Crippen LogP contribution is -2.40. The third kappa shape index (κ3) is 4.65. The van der Waals surface area contributed by atoms with Crippen molar-refractivity contribution < 1.29 is 4.39 Å². The Morgan fingerprint density at radius 2 is 1.76 bits per heavy atom. The summed E-state index contributed by atoms with van der Waals surface area (Å²) in [7, 11) is 0. The van der Waals surface area contributed by atoms with E-state index >= 15 is 0 Å². The van der Waals surface area contributed by atoms with Gasteiger partial charge in [0.1, 0.15) is 23.7 Å². The van der Waals surface area contributed by atoms with Crippen LogP contribution in [-0.2, 0) is 26.1 Å². The molecule has 0 spiro atoms. The van der Waals surface area contributed by atoms with Gasteiger partial charge in [-0.05, 0) is 30.5 Å². The minimum atomic E-state index is -0.359. The van der Waals surface area contributed by atoms with Gasteiger partial charge in [-0.25, -0.2) is 14.2 Å². The van der Waals surface area contributed by atoms with Crippen molar-refractivity contribution >= 4 is 11.2 Å². The van der Waals surface area contributed by atoms with E-state index in [9.17, 15) is 14.0 Å². The van der Waals surface area contributed by atoms with E-state index in [1.807, 2.05) is 13.8 Å². The molecule has 33 heavy (non-hydrogen) atoms. The summed E-state index contributed by atoms with van der Waals surface area (Å²) in [6, 6.07) is 6.26. The third-order valence-corrected chi connectivity index (χ3v) is 5.23. The van der Waals surface area contributed by atoms with E-state index in [0.29, 0.717) is 55.0 Å². The van der Waals surface area contributed by atoms with E-state index in [-0.39, 0.29) is 17.1 Å². The van der Waals surface area contributed by atoms with E-state index in [1.165, 1.54) is 16.7 Å². The molecule has 0 saturated heterocycles. The molecule has 3 heterocycles. The van der Waals surface area contributed by atoms with Crippen LogP contribution in [0.5, 0.6) is 0 Å². The fourth-order valence-corrected chi connectivity index (χ4v) is 3.63. The number of imidazole rings is 1. The fraction of sp³-hybridized carbons (Fsp3) is 0.333. The monoisotopic (exact) mass is 448 g/mol. The summed E-state index contributed by atoms with van der Waals surface area (Å²) in [5.41, 5.74) is 1.63. The molecule has 8 nitrogen and oxygen atoms in total. The second kappa shape index (κ2) is 9.69. The maximum Gasteiger partial charge on any atom is 0.332 e. The van der Waals surface area contributed by atoms with Gasteiger partial charge in [0.2, 0.25) is 0 Å². The maximum absolute atomic E-state index is 13.0. The molecular weight excluding hydrogens is 423 g/mol. The number of hydrogen-bond donors (Lipinski definition) is 1. The molecule has 3 aromatic heterocycles. The van der Waals surface area contributed by atoms with Gasteiger partial charge in [-0.2, -0.15) is 5.10 Å². The standard InChI is InChI=1S/C24H25FN6O2/c1-3-12-30-22-20(23(32)31(13-4-2)24(30)33)27-21(28-22)18-15-26-29(16-18)14-6-5-7-17-8-10-19(25)11-9-17/h8-11,15-16H,3-4,7,12-14H2,1-2H3,(H,27,28). The van der Waals surface area contributed by atoms with Gasteiger partial charge >= 0.3 is 5.69 Å². The van der Waals surface area contributed by atoms with E-state index in [0.717, 1.165) is 12.0 Å². The molecule has 0 atom stereocenters. The Bertz CT molecular complexity index is 1450. The Kier molecular flexibility index (Phi) is 6.54. The molecule has 9 heteroatoms. The van der Waals surface area contributed by atoms with E-state index in [1.54, 1.807) is 33.8 Å². The van der Waals surface area contributed by atoms with Crippen molar-refractivity contribution in [2.75, 3.05) is 0 Å². The summed E-state index contributed by atoms with van der Waals surface area (Å²) in [5, 5.41) is 4.32. The Hall–Kier alpha value is -3.93. The van der Waals surface area contributed by atoms with Crippen LogP contribution >= 0.6 is 0 Å². The minimum absolute atomic E-state index is 0.266. The molecule has 0 radical (unpaired) electrons. The van der Waals surface area contributed by atoms with Crippen LogP contribution in [0.2, 0.25) is 0 Å². The van der Waals surface area contributed by atoms with Gasteiger partial charge in [0.05, 0.1) is 11.8 Å². The highest BCUT2D eigenvalue weighted by Crippen LogP contribution is 2.18. The Balaban J connectivity index is 1.59. The van der Waals surface area contributed by atoms with Gasteiger partial charge in [-0.1, -0.05) is 37.8 Å². The number of H-pyrrole nitrogens is 1. The van der Waals surface area contributed by atoms with Gasteiger partial charge in [-0.15, -0.1) is 0 Å². The number of fused-ring (bicyclic) bond motifs is 1. The summed E-state index contributed by atoms with van der Waals surface area (Å²) in [6.07, 6.45) is 5.39. The maximum atomic E-state index is 13.0. The van der Waals surface area contributed by atoms with Crippen LogP contribution in [-0.4, -0.2) is 28.9 Å². The highest BCUT2D eigenvalue weighted by atomic mass is 19.1. The fourth-order valence-electron chi connectivity index (χ4n) is 3.63. The lowest BCUT2D eigenvalue weighted by molar-refractivity contribution is 0.555. The minimum Gasteiger partial charge on any atom is -0.332 e. The van der Waals surface area contributed by atoms with E-state index in [4.69, 9.17) is 0 Å². The number of aromatic amines is 1. The summed E-state index contributed by atoms with van der Waals surface area (Å²) >= 11 is 0. The Morgan fingerprint density at radius 1 is 1.03 bits per heavy atom. The average molecular weight is 449 g/mol. The van der Waals surface area contributed by atoms with Crippen LogP contribution in [0.4, 0.5) is 4.39 Å². The van der Waals surface area contributed by atoms with Crippen molar-refractivity contribution in [2.45, 2.75) is 52.7 Å². The topological polar surface area (TPSA) is 90.5 Å². The molecule has 0 aliphatic heterocycles. The third-order valence-electron chi connectivity index (χ3n) is 5.23. The molecule has 1 N–H and O–H groups in total. The summed E-state index contributed by atoms with van der Waals surface area (Å²) < 4.78 is 17.5. The summed E-state index contributed by atoms with van der Waals surface area (Å²) in [4.78, 5) is 33.3. The van der Waals surface area contributed by atoms with Crippen molar-refractivity contribution in [3.05, 3.63) is 68.9 Å². The van der Waals surface area contributed by atoms with Crippen molar-refractivity contribution in [2.24, 2.45) is 0 Å². The number of nitrogens with one attached hydrogen (secondary N) is 1. The zero-order valence-electron chi connectivity index (χ0n) is 18.6. The van der Waals surface area contributed by atoms with Crippen LogP contribution in [0.1, 0.15) is 32.3 Å². The molecule has 0 fully saturated rings. The van der Waals surface area contributed by atoms with Gasteiger partial charge in [0.25, 0.3) is 5.56 Å². The van der Waals surface area contributed by atoms with Crippen LogP contribution in [0, 0.1) is 17.7 Å². The zero-order chi connectivity index (χ0) is 23.4. The highest BCUT2D eigenvalue weighted by molar-refractivity contribution is 5.75. The molecule has 0 unspecified atom stereocenters. The second-order valence-corrected chi connectivity index (χ2v) is 7.76. The molecule has 0 aliphatic carbocycles. The Morgan fingerprint density at radius 3 is 2.48 bits per heavy atom. The Labute approximate surface area is 189 Å². The molecule has 0 saturated carbocycles. The number of nitrogens with zero attached hydrogens (tertiary/aromatic N) is 5. The highest BCUT2D eigenvalue weighted by Gasteiger charge is 2.18. The van der Waals surface area contributed by atoms with E-state index in [2.05, 4.69) is 26.9 Å². The van der Waals surface area contributed by atoms with Gasteiger partial charge in [0.15, 0.2) is 5.65 Å².